The van der Waals surface area contributed by atoms with E-state index in [1.807, 2.05) is 0 Å². The van der Waals surface area contributed by atoms with E-state index in [4.69, 9.17) is 24.4 Å². The number of imidazole rings is 1. The van der Waals surface area contributed by atoms with Crippen molar-refractivity contribution in [3.8, 4) is 0 Å². The van der Waals surface area contributed by atoms with Crippen LogP contribution in [0.15, 0.2) is 17.8 Å². The van der Waals surface area contributed by atoms with Crippen molar-refractivity contribution in [1.29, 1.82) is 0 Å². The highest BCUT2D eigenvalue weighted by Gasteiger charge is 2.50. The van der Waals surface area contributed by atoms with Crippen molar-refractivity contribution in [2.24, 2.45) is 10.6 Å². The lowest BCUT2D eigenvalue weighted by molar-refractivity contribution is -0.137. The first-order valence-corrected chi connectivity index (χ1v) is 20.3. The lowest BCUT2D eigenvalue weighted by Gasteiger charge is -2.30. The number of rotatable bonds is 19. The Balaban J connectivity index is 1.53. The summed E-state index contributed by atoms with van der Waals surface area (Å²) < 4.78 is 62.0. The highest BCUT2D eigenvalue weighted by atomic mass is 31.3. The van der Waals surface area contributed by atoms with E-state index in [2.05, 4.69) is 39.6 Å². The van der Waals surface area contributed by atoms with Gasteiger partial charge in [0.1, 0.15) is 41.9 Å². The van der Waals surface area contributed by atoms with Crippen LogP contribution in [0.25, 0.3) is 11.2 Å². The number of carbonyl (C=O) groups is 2. The van der Waals surface area contributed by atoms with E-state index in [0.29, 0.717) is 5.71 Å². The molecule has 54 heavy (non-hydrogen) atoms. The molecule has 25 nitrogen and oxygen atoms in total. The van der Waals surface area contributed by atoms with Crippen molar-refractivity contribution in [2.75, 3.05) is 32.0 Å². The molecular formula is C26H45N8O17P3. The first-order chi connectivity index (χ1) is 24.7. The van der Waals surface area contributed by atoms with E-state index in [-0.39, 0.29) is 36.5 Å². The summed E-state index contributed by atoms with van der Waals surface area (Å²) in [6.07, 6.45) is -6.89. The molecule has 0 aliphatic carbocycles. The number of nitrogens with two attached hydrogens (primary N) is 1. The molecule has 1 aliphatic rings. The Morgan fingerprint density at radius 1 is 1.06 bits per heavy atom. The second-order valence-corrected chi connectivity index (χ2v) is 17.8. The zero-order valence-corrected chi connectivity index (χ0v) is 32.6. The van der Waals surface area contributed by atoms with Crippen LogP contribution >= 0.6 is 23.5 Å². The topological polar surface area (TPSA) is 368 Å². The molecule has 2 aromatic rings. The molecule has 3 heterocycles. The van der Waals surface area contributed by atoms with Crippen molar-refractivity contribution in [3.63, 3.8) is 0 Å². The predicted octanol–water partition coefficient (Wildman–Crippen LogP) is -0.404. The highest BCUT2D eigenvalue weighted by molar-refractivity contribution is 7.61. The molecule has 306 valence electrons. The molecule has 1 aliphatic heterocycles. The number of phosphoric ester groups is 3. The number of hydrogen-bond donors (Lipinski definition) is 9. The van der Waals surface area contributed by atoms with Gasteiger partial charge in [0.05, 0.1) is 31.8 Å². The Kier molecular flexibility index (Phi) is 15.0. The average Bonchev–Trinajstić information content (AvgIpc) is 3.60. The molecular weight excluding hydrogens is 789 g/mol. The highest BCUT2D eigenvalue weighted by Crippen LogP contribution is 2.61. The molecule has 0 aromatic carbocycles. The first kappa shape index (κ1) is 45.4. The Morgan fingerprint density at radius 2 is 1.70 bits per heavy atom. The van der Waals surface area contributed by atoms with Gasteiger partial charge in [-0.3, -0.25) is 27.7 Å². The number of oxime groups is 1. The molecule has 3 rings (SSSR count). The van der Waals surface area contributed by atoms with E-state index in [1.165, 1.54) is 13.8 Å². The van der Waals surface area contributed by atoms with Gasteiger partial charge in [0.25, 0.3) is 0 Å². The van der Waals surface area contributed by atoms with E-state index in [9.17, 15) is 53.1 Å². The SMILES string of the molecule is C/C(CNC(=O)CCNC(=O)C(O)C(C)(C)COP(=O)(O)OP(=O)(O)OCC1OC(n2cnc3c(N)ncnc32)C(O)C1OP(=O)(O)O)=N\OC(C)(C)C. The van der Waals surface area contributed by atoms with E-state index in [1.54, 1.807) is 27.7 Å². The fourth-order valence-electron chi connectivity index (χ4n) is 4.41. The monoisotopic (exact) mass is 834 g/mol. The van der Waals surface area contributed by atoms with Crippen LogP contribution in [0.4, 0.5) is 5.82 Å². The van der Waals surface area contributed by atoms with Crippen LogP contribution in [0, 0.1) is 5.41 Å². The Hall–Kier alpha value is -2.99. The molecule has 10 N–H and O–H groups in total. The maximum atomic E-state index is 12.7. The smallest absolute Gasteiger partial charge is 0.390 e. The molecule has 1 saturated heterocycles. The molecule has 2 amide bonds. The number of amides is 2. The van der Waals surface area contributed by atoms with E-state index < -0.39 is 90.2 Å². The van der Waals surface area contributed by atoms with Gasteiger partial charge in [-0.2, -0.15) is 4.31 Å². The second kappa shape index (κ2) is 17.9. The summed E-state index contributed by atoms with van der Waals surface area (Å²) >= 11 is 0. The summed E-state index contributed by atoms with van der Waals surface area (Å²) in [5.74, 6) is -1.46. The third-order valence-corrected chi connectivity index (χ3v) is 10.2. The Bertz CT molecular complexity index is 1820. The Labute approximate surface area is 308 Å². The molecule has 0 saturated carbocycles. The lowest BCUT2D eigenvalue weighted by Crippen LogP contribution is -2.46. The van der Waals surface area contributed by atoms with E-state index in [0.717, 1.165) is 17.2 Å². The van der Waals surface area contributed by atoms with Gasteiger partial charge in [-0.1, -0.05) is 19.0 Å². The van der Waals surface area contributed by atoms with Crippen molar-refractivity contribution < 1.29 is 80.5 Å². The predicted molar refractivity (Wildman–Crippen MR) is 184 cm³/mol. The van der Waals surface area contributed by atoms with Gasteiger partial charge in [-0.25, -0.2) is 28.6 Å². The standard InChI is InChI=1S/C26H45N8O17P3/c1-14(33-50-25(2,3)4)9-29-16(35)7-8-28-23(38)20(37)26(5,6)11-47-54(44,45)51-53(42,43)46-10-15-19(49-52(39,40)41)18(36)24(48-15)34-13-32-17-21(27)30-12-31-22(17)34/h12-13,15,18-20,24,36-37H,7-11H2,1-6H3,(H,28,38)(H,29,35)(H,42,43)(H,44,45)(H2,27,30,31)(H2,39,40,41)/b33-14+. The third kappa shape index (κ3) is 13.6. The molecule has 0 radical (unpaired) electrons. The molecule has 0 spiro atoms. The van der Waals surface area contributed by atoms with Crippen molar-refractivity contribution in [3.05, 3.63) is 12.7 Å². The van der Waals surface area contributed by atoms with Gasteiger partial charge < -0.3 is 55.7 Å². The Morgan fingerprint density at radius 3 is 2.33 bits per heavy atom. The van der Waals surface area contributed by atoms with Crippen LogP contribution < -0.4 is 16.4 Å². The summed E-state index contributed by atoms with van der Waals surface area (Å²) in [7, 11) is -16.4. The van der Waals surface area contributed by atoms with Crippen molar-refractivity contribution >= 4 is 58.0 Å². The first-order valence-electron chi connectivity index (χ1n) is 15.8. The number of carbonyl (C=O) groups excluding carboxylic acids is 2. The maximum Gasteiger partial charge on any atom is 0.481 e. The minimum atomic E-state index is -5.56. The second-order valence-electron chi connectivity index (χ2n) is 13.5. The number of aromatic nitrogens is 4. The van der Waals surface area contributed by atoms with Crippen LogP contribution in [0.1, 0.15) is 54.2 Å². The number of nitrogen functional groups attached to an aromatic ring is 1. The van der Waals surface area contributed by atoms with Crippen LogP contribution in [-0.4, -0.2) is 123 Å². The summed E-state index contributed by atoms with van der Waals surface area (Å²) in [5.41, 5.74) is 4.25. The summed E-state index contributed by atoms with van der Waals surface area (Å²) in [5, 5.41) is 30.2. The zero-order chi connectivity index (χ0) is 40.9. The molecule has 1 fully saturated rings. The number of aliphatic hydroxyl groups is 2. The lowest BCUT2D eigenvalue weighted by atomic mass is 9.87. The summed E-state index contributed by atoms with van der Waals surface area (Å²) in [6.45, 7) is 7.45. The number of phosphoric acid groups is 3. The quantitative estimate of drug-likeness (QED) is 0.0493. The number of nitrogens with one attached hydrogen (secondary N) is 2. The normalized spacial score (nSPS) is 22.7. The van der Waals surface area contributed by atoms with Gasteiger partial charge in [0.2, 0.25) is 11.8 Å². The number of ether oxygens (including phenoxy) is 1. The fraction of sp³-hybridized carbons (Fsp3) is 0.692. The third-order valence-electron chi connectivity index (χ3n) is 7.09. The molecule has 7 atom stereocenters. The van der Waals surface area contributed by atoms with Crippen LogP contribution in [-0.2, 0) is 50.7 Å². The van der Waals surface area contributed by atoms with Gasteiger partial charge >= 0.3 is 23.5 Å². The van der Waals surface area contributed by atoms with Crippen molar-refractivity contribution in [2.45, 2.75) is 84.2 Å². The van der Waals surface area contributed by atoms with Crippen LogP contribution in [0.2, 0.25) is 0 Å². The fourth-order valence-corrected chi connectivity index (χ4v) is 7.24. The molecule has 2 aromatic heterocycles. The number of nitrogens with zero attached hydrogens (tertiary/aromatic N) is 5. The van der Waals surface area contributed by atoms with Gasteiger partial charge in [0, 0.05) is 18.4 Å². The van der Waals surface area contributed by atoms with Crippen molar-refractivity contribution in [1.82, 2.24) is 30.2 Å². The minimum Gasteiger partial charge on any atom is -0.390 e. The minimum absolute atomic E-state index is 0.0329. The molecule has 0 bridgehead atoms. The zero-order valence-electron chi connectivity index (χ0n) is 29.9. The van der Waals surface area contributed by atoms with Crippen LogP contribution in [0.5, 0.6) is 0 Å². The molecule has 28 heteroatoms. The maximum absolute atomic E-state index is 12.7. The van der Waals surface area contributed by atoms with Crippen LogP contribution in [0.3, 0.4) is 0 Å². The van der Waals surface area contributed by atoms with Gasteiger partial charge in [0.15, 0.2) is 17.7 Å². The average molecular weight is 835 g/mol. The number of fused-ring (bicyclic) bond motifs is 1. The van der Waals surface area contributed by atoms with Gasteiger partial charge in [-0.05, 0) is 27.7 Å². The number of hydrogen-bond acceptors (Lipinski definition) is 18. The summed E-state index contributed by atoms with van der Waals surface area (Å²) in [4.78, 5) is 80.8. The largest absolute Gasteiger partial charge is 0.481 e. The summed E-state index contributed by atoms with van der Waals surface area (Å²) in [6, 6.07) is 0. The van der Waals surface area contributed by atoms with E-state index >= 15 is 0 Å². The van der Waals surface area contributed by atoms with Gasteiger partial charge in [-0.15, -0.1) is 0 Å². The number of anilines is 1. The molecule has 7 unspecified atom stereocenters. The number of aliphatic hydroxyl groups excluding tert-OH is 2.